The van der Waals surface area contributed by atoms with Crippen LogP contribution in [-0.2, 0) is 32.7 Å². The van der Waals surface area contributed by atoms with Crippen molar-refractivity contribution in [1.29, 1.82) is 0 Å². The summed E-state index contributed by atoms with van der Waals surface area (Å²) in [4.78, 5) is 37.4. The first kappa shape index (κ1) is 53.2. The molecule has 0 aromatic rings. The number of quaternary nitrogens is 1. The molecule has 10 heteroatoms. The topological polar surface area (TPSA) is 111 Å². The molecule has 0 aromatic carbocycles. The van der Waals surface area contributed by atoms with Crippen molar-refractivity contribution in [3.63, 3.8) is 0 Å². The molecular formula is C46H78NO8P. The van der Waals surface area contributed by atoms with E-state index < -0.39 is 32.5 Å². The fraction of sp³-hybridized carbons (Fsp3) is 0.652. The van der Waals surface area contributed by atoms with Gasteiger partial charge in [-0.15, -0.1) is 0 Å². The molecule has 0 N–H and O–H groups in total. The highest BCUT2D eigenvalue weighted by atomic mass is 31.2. The number of likely N-dealkylation sites (N-methyl/N-ethyl adjacent to an activating group) is 1. The van der Waals surface area contributed by atoms with Crippen LogP contribution < -0.4 is 4.89 Å². The van der Waals surface area contributed by atoms with Gasteiger partial charge in [-0.3, -0.25) is 14.2 Å². The third-order valence-electron chi connectivity index (χ3n) is 8.40. The molecule has 9 nitrogen and oxygen atoms in total. The number of unbranched alkanes of at least 4 members (excludes halogenated alkanes) is 9. The molecule has 0 aliphatic carbocycles. The predicted octanol–water partition coefficient (Wildman–Crippen LogP) is 11.4. The molecule has 0 amide bonds. The standard InChI is InChI=1S/C46H78NO8P/c1-6-8-10-12-14-16-18-20-22-23-25-26-28-30-32-34-36-38-45(48)52-42-44(43-54-56(50,51)53-41-40-47(3,4)5)55-46(49)39-37-35-33-31-29-27-24-21-19-17-15-13-11-9-7-2/h9,11,15,17,20-22,24-26,29-32,44H,6-8,10,12-14,16,18-19,23,27-28,33-43H2,1-5H3/b11-9+,17-15+,22-20+,24-21+,26-25+,31-29+,32-30+/t44-/m1/s1. The monoisotopic (exact) mass is 804 g/mol. The summed E-state index contributed by atoms with van der Waals surface area (Å²) in [6, 6.07) is 0. The Bertz CT molecular complexity index is 1230. The van der Waals surface area contributed by atoms with Gasteiger partial charge < -0.3 is 27.9 Å². The Morgan fingerprint density at radius 3 is 1.57 bits per heavy atom. The second-order valence-electron chi connectivity index (χ2n) is 15.0. The molecular weight excluding hydrogens is 725 g/mol. The Morgan fingerprint density at radius 1 is 0.571 bits per heavy atom. The molecule has 0 radical (unpaired) electrons. The van der Waals surface area contributed by atoms with Crippen LogP contribution in [0.25, 0.3) is 0 Å². The molecule has 0 fully saturated rings. The Morgan fingerprint density at radius 2 is 1.04 bits per heavy atom. The summed E-state index contributed by atoms with van der Waals surface area (Å²) < 4.78 is 33.7. The van der Waals surface area contributed by atoms with Crippen molar-refractivity contribution in [3.8, 4) is 0 Å². The number of hydrogen-bond donors (Lipinski definition) is 0. The van der Waals surface area contributed by atoms with Gasteiger partial charge in [-0.1, -0.05) is 131 Å². The van der Waals surface area contributed by atoms with E-state index >= 15 is 0 Å². The van der Waals surface area contributed by atoms with E-state index in [0.717, 1.165) is 64.2 Å². The van der Waals surface area contributed by atoms with Crippen LogP contribution in [0.3, 0.4) is 0 Å². The van der Waals surface area contributed by atoms with Gasteiger partial charge in [0.1, 0.15) is 19.8 Å². The first-order valence-electron chi connectivity index (χ1n) is 21.3. The second-order valence-corrected chi connectivity index (χ2v) is 16.4. The van der Waals surface area contributed by atoms with E-state index in [1.54, 1.807) is 0 Å². The average molecular weight is 804 g/mol. The summed E-state index contributed by atoms with van der Waals surface area (Å²) in [5.74, 6) is -0.954. The molecule has 0 rings (SSSR count). The maximum absolute atomic E-state index is 12.6. The fourth-order valence-corrected chi connectivity index (χ4v) is 5.80. The highest BCUT2D eigenvalue weighted by molar-refractivity contribution is 7.45. The summed E-state index contributed by atoms with van der Waals surface area (Å²) in [5.41, 5.74) is 0. The lowest BCUT2D eigenvalue weighted by molar-refractivity contribution is -0.870. The molecule has 0 saturated heterocycles. The van der Waals surface area contributed by atoms with Gasteiger partial charge >= 0.3 is 11.9 Å². The zero-order valence-electron chi connectivity index (χ0n) is 35.8. The average Bonchev–Trinajstić information content (AvgIpc) is 3.15. The van der Waals surface area contributed by atoms with E-state index in [0.29, 0.717) is 23.9 Å². The number of phosphoric ester groups is 1. The zero-order valence-corrected chi connectivity index (χ0v) is 36.7. The number of rotatable bonds is 37. The minimum absolute atomic E-state index is 0.0512. The maximum atomic E-state index is 12.6. The Hall–Kier alpha value is -2.81. The van der Waals surface area contributed by atoms with Crippen molar-refractivity contribution in [2.24, 2.45) is 0 Å². The van der Waals surface area contributed by atoms with E-state index in [1.165, 1.54) is 38.5 Å². The second kappa shape index (κ2) is 37.7. The summed E-state index contributed by atoms with van der Waals surface area (Å²) in [6.07, 6.45) is 47.7. The lowest BCUT2D eigenvalue weighted by Crippen LogP contribution is -2.37. The van der Waals surface area contributed by atoms with Gasteiger partial charge in [0.15, 0.2) is 6.10 Å². The third-order valence-corrected chi connectivity index (χ3v) is 9.36. The number of hydrogen-bond acceptors (Lipinski definition) is 8. The van der Waals surface area contributed by atoms with Gasteiger partial charge in [0.05, 0.1) is 27.7 Å². The molecule has 1 unspecified atom stereocenters. The summed E-state index contributed by atoms with van der Waals surface area (Å²) in [5, 5.41) is 0. The van der Waals surface area contributed by atoms with Crippen molar-refractivity contribution in [2.45, 2.75) is 148 Å². The van der Waals surface area contributed by atoms with Crippen molar-refractivity contribution in [2.75, 3.05) is 47.5 Å². The Balaban J connectivity index is 4.55. The summed E-state index contributed by atoms with van der Waals surface area (Å²) >= 11 is 0. The van der Waals surface area contributed by atoms with Crippen LogP contribution in [0.2, 0.25) is 0 Å². The quantitative estimate of drug-likeness (QED) is 0.0201. The van der Waals surface area contributed by atoms with Gasteiger partial charge in [0.25, 0.3) is 7.82 Å². The largest absolute Gasteiger partial charge is 0.756 e. The van der Waals surface area contributed by atoms with Crippen molar-refractivity contribution in [1.82, 2.24) is 0 Å². The van der Waals surface area contributed by atoms with Crippen molar-refractivity contribution >= 4 is 19.8 Å². The van der Waals surface area contributed by atoms with Gasteiger partial charge in [0, 0.05) is 12.8 Å². The van der Waals surface area contributed by atoms with E-state index in [1.807, 2.05) is 21.1 Å². The molecule has 2 atom stereocenters. The van der Waals surface area contributed by atoms with Gasteiger partial charge in [-0.05, 0) is 83.5 Å². The number of carbonyl (C=O) groups is 2. The van der Waals surface area contributed by atoms with Gasteiger partial charge in [0.2, 0.25) is 0 Å². The lowest BCUT2D eigenvalue weighted by Gasteiger charge is -2.28. The van der Waals surface area contributed by atoms with Crippen LogP contribution in [0.1, 0.15) is 142 Å². The van der Waals surface area contributed by atoms with Crippen molar-refractivity contribution < 1.29 is 42.1 Å². The molecule has 0 saturated carbocycles. The van der Waals surface area contributed by atoms with Crippen LogP contribution >= 0.6 is 7.82 Å². The van der Waals surface area contributed by atoms with E-state index in [-0.39, 0.29) is 26.1 Å². The molecule has 56 heavy (non-hydrogen) atoms. The third kappa shape index (κ3) is 40.8. The minimum Gasteiger partial charge on any atom is -0.756 e. The van der Waals surface area contributed by atoms with Crippen LogP contribution in [0.15, 0.2) is 85.1 Å². The normalized spacial score (nSPS) is 14.5. The maximum Gasteiger partial charge on any atom is 0.306 e. The van der Waals surface area contributed by atoms with E-state index in [4.69, 9.17) is 18.5 Å². The SMILES string of the molecule is CC/C=C/C/C=C/C/C=C/C/C=C/CCCCC(=O)O[C@H](COC(=O)CCC/C=C/C/C=C/C/C=C/CCCCCCCC)COP(=O)([O-])OCC[N+](C)(C)C. The van der Waals surface area contributed by atoms with Gasteiger partial charge in [-0.25, -0.2) is 0 Å². The van der Waals surface area contributed by atoms with Crippen LogP contribution in [0.5, 0.6) is 0 Å². The number of nitrogens with zero attached hydrogens (tertiary/aromatic N) is 1. The molecule has 0 aliphatic rings. The first-order valence-corrected chi connectivity index (χ1v) is 22.8. The van der Waals surface area contributed by atoms with E-state index in [2.05, 4.69) is 98.9 Å². The highest BCUT2D eigenvalue weighted by Crippen LogP contribution is 2.38. The van der Waals surface area contributed by atoms with Crippen LogP contribution in [0.4, 0.5) is 0 Å². The molecule has 0 heterocycles. The Labute approximate surface area is 341 Å². The fourth-order valence-electron chi connectivity index (χ4n) is 5.07. The number of carbonyl (C=O) groups excluding carboxylic acids is 2. The lowest BCUT2D eigenvalue weighted by atomic mass is 10.1. The predicted molar refractivity (Wildman–Crippen MR) is 231 cm³/mol. The summed E-state index contributed by atoms with van der Waals surface area (Å²) in [6.45, 7) is 3.97. The molecule has 320 valence electrons. The minimum atomic E-state index is -4.65. The number of esters is 2. The highest BCUT2D eigenvalue weighted by Gasteiger charge is 2.21. The first-order chi connectivity index (χ1) is 27.0. The van der Waals surface area contributed by atoms with Crippen molar-refractivity contribution in [3.05, 3.63) is 85.1 Å². The molecule has 0 bridgehead atoms. The zero-order chi connectivity index (χ0) is 41.4. The number of ether oxygens (including phenoxy) is 2. The Kier molecular flexibility index (Phi) is 35.9. The smallest absolute Gasteiger partial charge is 0.306 e. The molecule has 0 spiro atoms. The van der Waals surface area contributed by atoms with E-state index in [9.17, 15) is 19.0 Å². The number of phosphoric acid groups is 1. The number of allylic oxidation sites excluding steroid dienone is 14. The molecule has 0 aromatic heterocycles. The summed E-state index contributed by atoms with van der Waals surface area (Å²) in [7, 11) is 1.10. The molecule has 0 aliphatic heterocycles. The van der Waals surface area contributed by atoms with Gasteiger partial charge in [-0.2, -0.15) is 0 Å². The van der Waals surface area contributed by atoms with Crippen LogP contribution in [-0.4, -0.2) is 70.0 Å². The van der Waals surface area contributed by atoms with Crippen LogP contribution in [0, 0.1) is 0 Å².